The molecule has 0 unspecified atom stereocenters. The Morgan fingerprint density at radius 2 is 1.86 bits per heavy atom. The fraction of sp³-hybridized carbons (Fsp3) is 0.524. The Kier molecular flexibility index (Phi) is 5.38. The quantitative estimate of drug-likeness (QED) is 0.790. The van der Waals surface area contributed by atoms with E-state index in [1.54, 1.807) is 18.3 Å². The number of para-hydroxylation sites is 1. The average molecular weight is 402 g/mol. The van der Waals surface area contributed by atoms with Gasteiger partial charge in [-0.1, -0.05) is 25.0 Å². The molecule has 1 aliphatic carbocycles. The van der Waals surface area contributed by atoms with E-state index in [0.29, 0.717) is 44.0 Å². The third-order valence-electron chi connectivity index (χ3n) is 5.96. The second-order valence-corrected chi connectivity index (χ2v) is 9.89. The van der Waals surface area contributed by atoms with Crippen LogP contribution in [-0.4, -0.2) is 54.7 Å². The molecular formula is C21H27N3O3S. The summed E-state index contributed by atoms with van der Waals surface area (Å²) in [5.41, 5.74) is 1.50. The lowest BCUT2D eigenvalue weighted by Crippen LogP contribution is -2.50. The molecule has 2 aromatic rings. The van der Waals surface area contributed by atoms with E-state index in [1.165, 1.54) is 17.1 Å². The van der Waals surface area contributed by atoms with Crippen LogP contribution in [0, 0.1) is 12.8 Å². The van der Waals surface area contributed by atoms with Crippen LogP contribution in [0.3, 0.4) is 0 Å². The lowest BCUT2D eigenvalue weighted by Gasteiger charge is -2.34. The number of benzene rings is 1. The van der Waals surface area contributed by atoms with Gasteiger partial charge in [-0.3, -0.25) is 9.78 Å². The molecule has 2 heterocycles. The van der Waals surface area contributed by atoms with E-state index in [-0.39, 0.29) is 10.8 Å². The van der Waals surface area contributed by atoms with Gasteiger partial charge in [0.05, 0.1) is 5.52 Å². The van der Waals surface area contributed by atoms with Crippen LogP contribution in [-0.2, 0) is 14.8 Å². The Labute approximate surface area is 166 Å². The van der Waals surface area contributed by atoms with Gasteiger partial charge in [0.2, 0.25) is 15.9 Å². The SMILES string of the molecule is Cc1cnc2c(S(=O)(=O)N3CCN(C(=O)CC4CCCC4)CC3)cccc2c1. The van der Waals surface area contributed by atoms with Gasteiger partial charge in [-0.2, -0.15) is 4.31 Å². The molecule has 0 bridgehead atoms. The van der Waals surface area contributed by atoms with Crippen LogP contribution in [0.25, 0.3) is 10.9 Å². The Morgan fingerprint density at radius 3 is 2.57 bits per heavy atom. The summed E-state index contributed by atoms with van der Waals surface area (Å²) < 4.78 is 27.9. The predicted molar refractivity (Wildman–Crippen MR) is 108 cm³/mol. The first-order valence-corrected chi connectivity index (χ1v) is 11.5. The number of fused-ring (bicyclic) bond motifs is 1. The number of piperazine rings is 1. The number of rotatable bonds is 4. The van der Waals surface area contributed by atoms with E-state index >= 15 is 0 Å². The molecule has 6 nitrogen and oxygen atoms in total. The smallest absolute Gasteiger partial charge is 0.245 e. The Bertz CT molecular complexity index is 976. The maximum atomic E-state index is 13.2. The number of carbonyl (C=O) groups excluding carboxylic acids is 1. The van der Waals surface area contributed by atoms with Crippen molar-refractivity contribution in [2.45, 2.75) is 43.9 Å². The molecule has 1 amide bonds. The highest BCUT2D eigenvalue weighted by atomic mass is 32.2. The van der Waals surface area contributed by atoms with Crippen LogP contribution >= 0.6 is 0 Å². The number of pyridine rings is 1. The lowest BCUT2D eigenvalue weighted by atomic mass is 10.0. The van der Waals surface area contributed by atoms with Crippen molar-refractivity contribution in [3.05, 3.63) is 36.0 Å². The van der Waals surface area contributed by atoms with Crippen molar-refractivity contribution in [3.63, 3.8) is 0 Å². The fourth-order valence-electron chi connectivity index (χ4n) is 4.36. The highest BCUT2D eigenvalue weighted by Crippen LogP contribution is 2.29. The number of hydrogen-bond donors (Lipinski definition) is 0. The molecule has 1 aromatic carbocycles. The minimum atomic E-state index is -3.64. The molecule has 7 heteroatoms. The van der Waals surface area contributed by atoms with Gasteiger partial charge in [0.25, 0.3) is 0 Å². The molecule has 0 spiro atoms. The van der Waals surface area contributed by atoms with Crippen LogP contribution in [0.2, 0.25) is 0 Å². The van der Waals surface area contributed by atoms with Gasteiger partial charge < -0.3 is 4.90 Å². The number of nitrogens with zero attached hydrogens (tertiary/aromatic N) is 3. The third-order valence-corrected chi connectivity index (χ3v) is 7.89. The molecule has 1 saturated heterocycles. The molecule has 0 N–H and O–H groups in total. The first-order valence-electron chi connectivity index (χ1n) is 10.1. The molecule has 4 rings (SSSR count). The molecule has 0 atom stereocenters. The lowest BCUT2D eigenvalue weighted by molar-refractivity contribution is -0.133. The molecule has 28 heavy (non-hydrogen) atoms. The zero-order valence-electron chi connectivity index (χ0n) is 16.3. The summed E-state index contributed by atoms with van der Waals surface area (Å²) in [6, 6.07) is 7.21. The van der Waals surface area contributed by atoms with Crippen molar-refractivity contribution < 1.29 is 13.2 Å². The second kappa shape index (κ2) is 7.79. The summed E-state index contributed by atoms with van der Waals surface area (Å²) in [5, 5.41) is 0.825. The minimum Gasteiger partial charge on any atom is -0.340 e. The van der Waals surface area contributed by atoms with Gasteiger partial charge in [0.1, 0.15) is 4.90 Å². The number of amides is 1. The topological polar surface area (TPSA) is 70.6 Å². The van der Waals surface area contributed by atoms with Crippen LogP contribution in [0.5, 0.6) is 0 Å². The molecular weight excluding hydrogens is 374 g/mol. The summed E-state index contributed by atoms with van der Waals surface area (Å²) in [7, 11) is -3.64. The zero-order valence-corrected chi connectivity index (χ0v) is 17.1. The molecule has 2 aliphatic rings. The Morgan fingerprint density at radius 1 is 1.14 bits per heavy atom. The molecule has 1 aliphatic heterocycles. The standard InChI is InChI=1S/C21H27N3O3S/c1-16-13-18-7-4-8-19(21(18)22-15-16)28(26,27)24-11-9-23(10-12-24)20(25)14-17-5-2-3-6-17/h4,7-8,13,15,17H,2-3,5-6,9-12,14H2,1H3. The van der Waals surface area contributed by atoms with Crippen molar-refractivity contribution in [1.82, 2.24) is 14.2 Å². The summed E-state index contributed by atoms with van der Waals surface area (Å²) >= 11 is 0. The maximum Gasteiger partial charge on any atom is 0.245 e. The molecule has 150 valence electrons. The number of aryl methyl sites for hydroxylation is 1. The summed E-state index contributed by atoms with van der Waals surface area (Å²) in [5.74, 6) is 0.686. The van der Waals surface area contributed by atoms with Gasteiger partial charge in [0.15, 0.2) is 0 Å². The number of carbonyl (C=O) groups is 1. The van der Waals surface area contributed by atoms with E-state index in [9.17, 15) is 13.2 Å². The fourth-order valence-corrected chi connectivity index (χ4v) is 5.95. The van der Waals surface area contributed by atoms with Crippen LogP contribution in [0.15, 0.2) is 35.4 Å². The maximum absolute atomic E-state index is 13.2. The summed E-state index contributed by atoms with van der Waals surface area (Å²) in [6.07, 6.45) is 7.05. The summed E-state index contributed by atoms with van der Waals surface area (Å²) in [6.45, 7) is 3.53. The van der Waals surface area contributed by atoms with E-state index < -0.39 is 10.0 Å². The first kappa shape index (κ1) is 19.3. The highest BCUT2D eigenvalue weighted by molar-refractivity contribution is 7.89. The van der Waals surface area contributed by atoms with Gasteiger partial charge in [-0.05, 0) is 43.4 Å². The van der Waals surface area contributed by atoms with Gasteiger partial charge in [-0.15, -0.1) is 0 Å². The highest BCUT2D eigenvalue weighted by Gasteiger charge is 2.32. The number of aromatic nitrogens is 1. The van der Waals surface area contributed by atoms with Crippen molar-refractivity contribution in [3.8, 4) is 0 Å². The van der Waals surface area contributed by atoms with Crippen molar-refractivity contribution >= 4 is 26.8 Å². The monoisotopic (exact) mass is 401 g/mol. The van der Waals surface area contributed by atoms with Gasteiger partial charge >= 0.3 is 0 Å². The number of sulfonamides is 1. The van der Waals surface area contributed by atoms with Gasteiger partial charge in [-0.25, -0.2) is 8.42 Å². The first-order chi connectivity index (χ1) is 13.4. The van der Waals surface area contributed by atoms with Crippen LogP contribution in [0.1, 0.15) is 37.7 Å². The van der Waals surface area contributed by atoms with Crippen molar-refractivity contribution in [2.75, 3.05) is 26.2 Å². The van der Waals surface area contributed by atoms with E-state index in [2.05, 4.69) is 4.98 Å². The zero-order chi connectivity index (χ0) is 19.7. The van der Waals surface area contributed by atoms with Gasteiger partial charge in [0, 0.05) is 44.2 Å². The van der Waals surface area contributed by atoms with Crippen molar-refractivity contribution in [1.29, 1.82) is 0 Å². The van der Waals surface area contributed by atoms with Crippen molar-refractivity contribution in [2.24, 2.45) is 5.92 Å². The van der Waals surface area contributed by atoms with E-state index in [4.69, 9.17) is 0 Å². The Balaban J connectivity index is 1.47. The molecule has 2 fully saturated rings. The second-order valence-electron chi connectivity index (χ2n) is 7.98. The van der Waals surface area contributed by atoms with Crippen LogP contribution in [0.4, 0.5) is 0 Å². The van der Waals surface area contributed by atoms with Crippen LogP contribution < -0.4 is 0 Å². The molecule has 0 radical (unpaired) electrons. The largest absolute Gasteiger partial charge is 0.340 e. The summed E-state index contributed by atoms with van der Waals surface area (Å²) in [4.78, 5) is 19.0. The Hall–Kier alpha value is -1.99. The average Bonchev–Trinajstić information content (AvgIpc) is 3.20. The normalized spacial score (nSPS) is 19.4. The third kappa shape index (κ3) is 3.78. The van der Waals surface area contributed by atoms with E-state index in [1.807, 2.05) is 24.0 Å². The minimum absolute atomic E-state index is 0.172. The molecule has 1 aromatic heterocycles. The molecule has 1 saturated carbocycles. The van der Waals surface area contributed by atoms with E-state index in [0.717, 1.165) is 23.8 Å². The predicted octanol–water partition coefficient (Wildman–Crippen LogP) is 2.96. The number of hydrogen-bond acceptors (Lipinski definition) is 4.